The maximum Gasteiger partial charge on any atom is 0.325 e. The molecular formula is C14H15ClN4O3S. The Hall–Kier alpha value is -2.06. The van der Waals surface area contributed by atoms with Crippen LogP contribution in [0.15, 0.2) is 35.4 Å². The number of aromatic nitrogens is 3. The first-order valence-electron chi connectivity index (χ1n) is 6.75. The summed E-state index contributed by atoms with van der Waals surface area (Å²) in [6.45, 7) is 1.74. The minimum Gasteiger partial charge on any atom is -0.480 e. The second-order valence-electron chi connectivity index (χ2n) is 4.73. The molecule has 1 unspecified atom stereocenters. The molecule has 0 aliphatic carbocycles. The molecule has 1 atom stereocenters. The zero-order chi connectivity index (χ0) is 16.8. The van der Waals surface area contributed by atoms with Crippen molar-refractivity contribution in [1.82, 2.24) is 20.3 Å². The number of halogens is 1. The lowest BCUT2D eigenvalue weighted by Crippen LogP contribution is -2.30. The predicted molar refractivity (Wildman–Crippen MR) is 86.3 cm³/mol. The van der Waals surface area contributed by atoms with Gasteiger partial charge in [0.25, 0.3) is 0 Å². The summed E-state index contributed by atoms with van der Waals surface area (Å²) in [6.07, 6.45) is 1.49. The Bertz CT molecular complexity index is 690. The van der Waals surface area contributed by atoms with Crippen molar-refractivity contribution in [2.75, 3.05) is 0 Å². The summed E-state index contributed by atoms with van der Waals surface area (Å²) >= 11 is 7.24. The zero-order valence-corrected chi connectivity index (χ0v) is 13.8. The van der Waals surface area contributed by atoms with Gasteiger partial charge in [0.2, 0.25) is 5.91 Å². The van der Waals surface area contributed by atoms with Crippen molar-refractivity contribution in [2.45, 2.75) is 30.2 Å². The zero-order valence-electron chi connectivity index (χ0n) is 12.3. The van der Waals surface area contributed by atoms with Gasteiger partial charge in [-0.1, -0.05) is 16.8 Å². The van der Waals surface area contributed by atoms with Crippen LogP contribution in [0.3, 0.4) is 0 Å². The molecule has 1 amide bonds. The molecule has 2 N–H and O–H groups in total. The SMILES string of the molecule is CC(Sc1ccc(Cl)cc1)C(=O)NCc1cn(CC(=O)O)nn1. The summed E-state index contributed by atoms with van der Waals surface area (Å²) in [7, 11) is 0. The third kappa shape index (κ3) is 5.57. The number of carbonyl (C=O) groups excluding carboxylic acids is 1. The average Bonchev–Trinajstić information content (AvgIpc) is 2.93. The minimum atomic E-state index is -1.00. The highest BCUT2D eigenvalue weighted by Gasteiger charge is 2.15. The van der Waals surface area contributed by atoms with E-state index in [-0.39, 0.29) is 24.2 Å². The van der Waals surface area contributed by atoms with E-state index >= 15 is 0 Å². The van der Waals surface area contributed by atoms with E-state index in [4.69, 9.17) is 16.7 Å². The first kappa shape index (κ1) is 17.3. The molecule has 0 spiro atoms. The van der Waals surface area contributed by atoms with Gasteiger partial charge in [0.15, 0.2) is 0 Å². The average molecular weight is 355 g/mol. The number of hydrogen-bond donors (Lipinski definition) is 2. The first-order valence-corrected chi connectivity index (χ1v) is 8.00. The number of amides is 1. The molecule has 9 heteroatoms. The Morgan fingerprint density at radius 2 is 2.09 bits per heavy atom. The Morgan fingerprint density at radius 3 is 2.74 bits per heavy atom. The fourth-order valence-electron chi connectivity index (χ4n) is 1.73. The van der Waals surface area contributed by atoms with Gasteiger partial charge in [-0.3, -0.25) is 9.59 Å². The predicted octanol–water partition coefficient (Wildman–Crippen LogP) is 1.81. The number of nitrogens with one attached hydrogen (secondary N) is 1. The van der Waals surface area contributed by atoms with E-state index in [1.165, 1.54) is 22.6 Å². The largest absolute Gasteiger partial charge is 0.480 e. The molecule has 1 heterocycles. The van der Waals surface area contributed by atoms with Crippen LogP contribution in [0.25, 0.3) is 0 Å². The quantitative estimate of drug-likeness (QED) is 0.736. The number of hydrogen-bond acceptors (Lipinski definition) is 5. The monoisotopic (exact) mass is 354 g/mol. The lowest BCUT2D eigenvalue weighted by molar-refractivity contribution is -0.138. The Kier molecular flexibility index (Phi) is 6.00. The summed E-state index contributed by atoms with van der Waals surface area (Å²) in [4.78, 5) is 23.6. The fourth-order valence-corrected chi connectivity index (χ4v) is 2.75. The van der Waals surface area contributed by atoms with E-state index < -0.39 is 5.97 Å². The Labute approximate surface area is 142 Å². The van der Waals surface area contributed by atoms with Crippen LogP contribution in [0.5, 0.6) is 0 Å². The van der Waals surface area contributed by atoms with Crippen LogP contribution in [-0.4, -0.2) is 37.2 Å². The molecule has 0 radical (unpaired) electrons. The van der Waals surface area contributed by atoms with Gasteiger partial charge in [0.05, 0.1) is 18.0 Å². The maximum absolute atomic E-state index is 12.1. The van der Waals surface area contributed by atoms with Crippen molar-refractivity contribution >= 4 is 35.2 Å². The molecule has 1 aromatic carbocycles. The molecule has 0 aliphatic heterocycles. The molecular weight excluding hydrogens is 340 g/mol. The number of carbonyl (C=O) groups is 2. The highest BCUT2D eigenvalue weighted by molar-refractivity contribution is 8.00. The summed E-state index contributed by atoms with van der Waals surface area (Å²) in [5, 5.41) is 19.2. The van der Waals surface area contributed by atoms with Crippen LogP contribution in [0.2, 0.25) is 5.02 Å². The number of nitrogens with zero attached hydrogens (tertiary/aromatic N) is 3. The van der Waals surface area contributed by atoms with Crippen molar-refractivity contribution in [3.05, 3.63) is 41.2 Å². The van der Waals surface area contributed by atoms with Gasteiger partial charge < -0.3 is 10.4 Å². The third-order valence-corrected chi connectivity index (χ3v) is 4.19. The third-order valence-electron chi connectivity index (χ3n) is 2.82. The van der Waals surface area contributed by atoms with Crippen LogP contribution in [-0.2, 0) is 22.7 Å². The van der Waals surface area contributed by atoms with Crippen molar-refractivity contribution < 1.29 is 14.7 Å². The number of carboxylic acids is 1. The van der Waals surface area contributed by atoms with Crippen molar-refractivity contribution in [1.29, 1.82) is 0 Å². The number of thioether (sulfide) groups is 1. The molecule has 0 bridgehead atoms. The van der Waals surface area contributed by atoms with E-state index in [0.29, 0.717) is 10.7 Å². The standard InChI is InChI=1S/C14H15ClN4O3S/c1-9(23-12-4-2-10(15)3-5-12)14(22)16-6-11-7-19(18-17-11)8-13(20)21/h2-5,7,9H,6,8H2,1H3,(H,16,22)(H,20,21). The van der Waals surface area contributed by atoms with Crippen LogP contribution in [0, 0.1) is 0 Å². The van der Waals surface area contributed by atoms with Gasteiger partial charge in [-0.25, -0.2) is 4.68 Å². The minimum absolute atomic E-state index is 0.141. The highest BCUT2D eigenvalue weighted by atomic mass is 35.5. The number of rotatable bonds is 7. The Morgan fingerprint density at radius 1 is 1.39 bits per heavy atom. The molecule has 2 aromatic rings. The lowest BCUT2D eigenvalue weighted by atomic mass is 10.4. The summed E-state index contributed by atoms with van der Waals surface area (Å²) in [6, 6.07) is 7.26. The topological polar surface area (TPSA) is 97.1 Å². The van der Waals surface area contributed by atoms with Gasteiger partial charge in [-0.05, 0) is 31.2 Å². The van der Waals surface area contributed by atoms with Crippen molar-refractivity contribution in [3.63, 3.8) is 0 Å². The van der Waals surface area contributed by atoms with Gasteiger partial charge in [-0.15, -0.1) is 16.9 Å². The maximum atomic E-state index is 12.1. The summed E-state index contributed by atoms with van der Waals surface area (Å²) in [5.41, 5.74) is 0.503. The first-order chi connectivity index (χ1) is 10.9. The Balaban J connectivity index is 1.82. The van der Waals surface area contributed by atoms with E-state index in [2.05, 4.69) is 15.6 Å². The molecule has 122 valence electrons. The number of carboxylic acid groups (broad SMARTS) is 1. The van der Waals surface area contributed by atoms with Gasteiger partial charge in [0.1, 0.15) is 12.2 Å². The highest BCUT2D eigenvalue weighted by Crippen LogP contribution is 2.24. The molecule has 23 heavy (non-hydrogen) atoms. The van der Waals surface area contributed by atoms with E-state index in [0.717, 1.165) is 4.90 Å². The molecule has 0 fully saturated rings. The number of aliphatic carboxylic acids is 1. The summed E-state index contributed by atoms with van der Waals surface area (Å²) in [5.74, 6) is -1.14. The van der Waals surface area contributed by atoms with E-state index in [1.54, 1.807) is 19.1 Å². The molecule has 2 rings (SSSR count). The second-order valence-corrected chi connectivity index (χ2v) is 6.58. The van der Waals surface area contributed by atoms with Gasteiger partial charge >= 0.3 is 5.97 Å². The van der Waals surface area contributed by atoms with E-state index in [9.17, 15) is 9.59 Å². The second kappa shape index (κ2) is 7.98. The summed E-state index contributed by atoms with van der Waals surface area (Å²) < 4.78 is 1.20. The molecule has 1 aromatic heterocycles. The fraction of sp³-hybridized carbons (Fsp3) is 0.286. The van der Waals surface area contributed by atoms with Crippen molar-refractivity contribution in [3.8, 4) is 0 Å². The molecule has 0 saturated carbocycles. The normalized spacial score (nSPS) is 11.9. The molecule has 0 aliphatic rings. The van der Waals surface area contributed by atoms with Crippen LogP contribution < -0.4 is 5.32 Å². The molecule has 7 nitrogen and oxygen atoms in total. The van der Waals surface area contributed by atoms with Gasteiger partial charge in [0, 0.05) is 9.92 Å². The van der Waals surface area contributed by atoms with Crippen LogP contribution in [0.4, 0.5) is 0 Å². The van der Waals surface area contributed by atoms with Crippen molar-refractivity contribution in [2.24, 2.45) is 0 Å². The van der Waals surface area contributed by atoms with Gasteiger partial charge in [-0.2, -0.15) is 0 Å². The van der Waals surface area contributed by atoms with Crippen LogP contribution >= 0.6 is 23.4 Å². The lowest BCUT2D eigenvalue weighted by Gasteiger charge is -2.11. The number of benzene rings is 1. The molecule has 0 saturated heterocycles. The smallest absolute Gasteiger partial charge is 0.325 e. The van der Waals surface area contributed by atoms with E-state index in [1.807, 2.05) is 12.1 Å². The van der Waals surface area contributed by atoms with Crippen LogP contribution in [0.1, 0.15) is 12.6 Å².